The Labute approximate surface area is 76.1 Å². The largest absolute Gasteiger partial charge is 0.329 e. The summed E-state index contributed by atoms with van der Waals surface area (Å²) >= 11 is 0. The van der Waals surface area contributed by atoms with Crippen LogP contribution in [-0.2, 0) is 0 Å². The SMILES string of the molecule is CC(C)CN(CCN)CC1CC1. The van der Waals surface area contributed by atoms with Crippen molar-refractivity contribution in [2.45, 2.75) is 26.7 Å². The molecule has 2 N–H and O–H groups in total. The Bertz CT molecular complexity index is 115. The fourth-order valence-electron chi connectivity index (χ4n) is 1.62. The molecule has 1 aliphatic carbocycles. The second-order valence-corrected chi connectivity index (χ2v) is 4.39. The van der Waals surface area contributed by atoms with E-state index < -0.39 is 0 Å². The van der Waals surface area contributed by atoms with Crippen molar-refractivity contribution in [3.05, 3.63) is 0 Å². The van der Waals surface area contributed by atoms with E-state index in [2.05, 4.69) is 18.7 Å². The van der Waals surface area contributed by atoms with Gasteiger partial charge < -0.3 is 10.6 Å². The lowest BCUT2D eigenvalue weighted by molar-refractivity contribution is 0.241. The lowest BCUT2D eigenvalue weighted by Gasteiger charge is -2.23. The average molecular weight is 170 g/mol. The van der Waals surface area contributed by atoms with Gasteiger partial charge in [-0.2, -0.15) is 0 Å². The molecule has 72 valence electrons. The average Bonchev–Trinajstić information content (AvgIpc) is 2.70. The van der Waals surface area contributed by atoms with E-state index in [1.165, 1.54) is 25.9 Å². The maximum Gasteiger partial charge on any atom is 0.0105 e. The molecular formula is C10H22N2. The zero-order valence-corrected chi connectivity index (χ0v) is 8.42. The van der Waals surface area contributed by atoms with Gasteiger partial charge in [-0.25, -0.2) is 0 Å². The van der Waals surface area contributed by atoms with Crippen LogP contribution in [0.2, 0.25) is 0 Å². The fraction of sp³-hybridized carbons (Fsp3) is 1.00. The Kier molecular flexibility index (Phi) is 4.02. The summed E-state index contributed by atoms with van der Waals surface area (Å²) in [5.74, 6) is 1.77. The van der Waals surface area contributed by atoms with Crippen molar-refractivity contribution in [2.24, 2.45) is 17.6 Å². The van der Waals surface area contributed by atoms with Crippen LogP contribution in [0, 0.1) is 11.8 Å². The number of hydrogen-bond acceptors (Lipinski definition) is 2. The lowest BCUT2D eigenvalue weighted by Crippen LogP contribution is -2.34. The van der Waals surface area contributed by atoms with E-state index in [9.17, 15) is 0 Å². The summed E-state index contributed by atoms with van der Waals surface area (Å²) in [5.41, 5.74) is 5.56. The molecular weight excluding hydrogens is 148 g/mol. The number of nitrogens with two attached hydrogens (primary N) is 1. The van der Waals surface area contributed by atoms with Crippen molar-refractivity contribution in [1.29, 1.82) is 0 Å². The topological polar surface area (TPSA) is 29.3 Å². The van der Waals surface area contributed by atoms with Gasteiger partial charge in [0, 0.05) is 26.2 Å². The Morgan fingerprint density at radius 1 is 1.42 bits per heavy atom. The minimum absolute atomic E-state index is 0.773. The smallest absolute Gasteiger partial charge is 0.0105 e. The van der Waals surface area contributed by atoms with Gasteiger partial charge in [-0.05, 0) is 24.7 Å². The van der Waals surface area contributed by atoms with Crippen LogP contribution < -0.4 is 5.73 Å². The first-order valence-corrected chi connectivity index (χ1v) is 5.14. The first-order valence-electron chi connectivity index (χ1n) is 5.14. The second-order valence-electron chi connectivity index (χ2n) is 4.39. The Balaban J connectivity index is 2.16. The molecule has 0 radical (unpaired) electrons. The Morgan fingerprint density at radius 3 is 2.50 bits per heavy atom. The van der Waals surface area contributed by atoms with Gasteiger partial charge in [0.15, 0.2) is 0 Å². The van der Waals surface area contributed by atoms with Crippen molar-refractivity contribution < 1.29 is 0 Å². The number of hydrogen-bond donors (Lipinski definition) is 1. The van der Waals surface area contributed by atoms with Crippen molar-refractivity contribution in [3.63, 3.8) is 0 Å². The highest BCUT2D eigenvalue weighted by Gasteiger charge is 2.23. The third kappa shape index (κ3) is 4.07. The maximum absolute atomic E-state index is 5.56. The van der Waals surface area contributed by atoms with Crippen molar-refractivity contribution >= 4 is 0 Å². The van der Waals surface area contributed by atoms with Gasteiger partial charge in [0.05, 0.1) is 0 Å². The van der Waals surface area contributed by atoms with Gasteiger partial charge >= 0.3 is 0 Å². The molecule has 1 fully saturated rings. The van der Waals surface area contributed by atoms with E-state index >= 15 is 0 Å². The summed E-state index contributed by atoms with van der Waals surface area (Å²) in [6.07, 6.45) is 2.89. The molecule has 0 heterocycles. The first kappa shape index (κ1) is 10.0. The molecule has 0 atom stereocenters. The molecule has 2 nitrogen and oxygen atoms in total. The van der Waals surface area contributed by atoms with Crippen molar-refractivity contribution in [3.8, 4) is 0 Å². The standard InChI is InChI=1S/C10H22N2/c1-9(2)7-12(6-5-11)8-10-3-4-10/h9-10H,3-8,11H2,1-2H3. The van der Waals surface area contributed by atoms with Gasteiger partial charge in [-0.15, -0.1) is 0 Å². The zero-order chi connectivity index (χ0) is 8.97. The lowest BCUT2D eigenvalue weighted by atomic mass is 10.2. The number of rotatable bonds is 6. The molecule has 0 bridgehead atoms. The van der Waals surface area contributed by atoms with Crippen molar-refractivity contribution in [2.75, 3.05) is 26.2 Å². The molecule has 0 aromatic rings. The summed E-state index contributed by atoms with van der Waals surface area (Å²) in [4.78, 5) is 2.52. The molecule has 0 aromatic heterocycles. The van der Waals surface area contributed by atoms with Crippen molar-refractivity contribution in [1.82, 2.24) is 4.90 Å². The van der Waals surface area contributed by atoms with E-state index in [0.717, 1.165) is 24.9 Å². The van der Waals surface area contributed by atoms with Gasteiger partial charge in [0.2, 0.25) is 0 Å². The third-order valence-electron chi connectivity index (χ3n) is 2.28. The molecule has 0 spiro atoms. The second kappa shape index (κ2) is 4.83. The normalized spacial score (nSPS) is 17.8. The van der Waals surface area contributed by atoms with Crippen LogP contribution >= 0.6 is 0 Å². The van der Waals surface area contributed by atoms with E-state index in [1.54, 1.807) is 0 Å². The molecule has 1 rings (SSSR count). The van der Waals surface area contributed by atoms with Crippen LogP contribution in [0.4, 0.5) is 0 Å². The molecule has 0 unspecified atom stereocenters. The highest BCUT2D eigenvalue weighted by Crippen LogP contribution is 2.29. The molecule has 1 aliphatic rings. The first-order chi connectivity index (χ1) is 5.72. The summed E-state index contributed by atoms with van der Waals surface area (Å²) in [5, 5.41) is 0. The van der Waals surface area contributed by atoms with Gasteiger partial charge in [-0.1, -0.05) is 13.8 Å². The molecule has 1 saturated carbocycles. The van der Waals surface area contributed by atoms with Crippen LogP contribution in [0.15, 0.2) is 0 Å². The summed E-state index contributed by atoms with van der Waals surface area (Å²) in [7, 11) is 0. The third-order valence-corrected chi connectivity index (χ3v) is 2.28. The predicted molar refractivity (Wildman–Crippen MR) is 53.1 cm³/mol. The molecule has 0 amide bonds. The predicted octanol–water partition coefficient (Wildman–Crippen LogP) is 1.31. The summed E-state index contributed by atoms with van der Waals surface area (Å²) in [6.45, 7) is 8.93. The van der Waals surface area contributed by atoms with Crippen LogP contribution in [0.25, 0.3) is 0 Å². The van der Waals surface area contributed by atoms with Gasteiger partial charge in [-0.3, -0.25) is 0 Å². The highest BCUT2D eigenvalue weighted by molar-refractivity contribution is 4.77. The number of nitrogens with zero attached hydrogens (tertiary/aromatic N) is 1. The Morgan fingerprint density at radius 2 is 2.08 bits per heavy atom. The van der Waals surface area contributed by atoms with Crippen LogP contribution in [0.3, 0.4) is 0 Å². The molecule has 12 heavy (non-hydrogen) atoms. The van der Waals surface area contributed by atoms with Gasteiger partial charge in [0.25, 0.3) is 0 Å². The fourth-order valence-corrected chi connectivity index (χ4v) is 1.62. The quantitative estimate of drug-likeness (QED) is 0.651. The molecule has 0 aliphatic heterocycles. The van der Waals surface area contributed by atoms with Crippen LogP contribution in [-0.4, -0.2) is 31.1 Å². The zero-order valence-electron chi connectivity index (χ0n) is 8.42. The summed E-state index contributed by atoms with van der Waals surface area (Å²) in [6, 6.07) is 0. The minimum atomic E-state index is 0.773. The summed E-state index contributed by atoms with van der Waals surface area (Å²) < 4.78 is 0. The molecule has 0 aromatic carbocycles. The van der Waals surface area contributed by atoms with Gasteiger partial charge in [0.1, 0.15) is 0 Å². The van der Waals surface area contributed by atoms with Crippen LogP contribution in [0.5, 0.6) is 0 Å². The van der Waals surface area contributed by atoms with E-state index in [0.29, 0.717) is 0 Å². The monoisotopic (exact) mass is 170 g/mol. The van der Waals surface area contributed by atoms with Crippen LogP contribution in [0.1, 0.15) is 26.7 Å². The maximum atomic E-state index is 5.56. The Hall–Kier alpha value is -0.0800. The minimum Gasteiger partial charge on any atom is -0.329 e. The molecule has 0 saturated heterocycles. The van der Waals surface area contributed by atoms with E-state index in [4.69, 9.17) is 5.73 Å². The van der Waals surface area contributed by atoms with E-state index in [1.807, 2.05) is 0 Å². The highest BCUT2D eigenvalue weighted by atomic mass is 15.1. The molecule has 2 heteroatoms. The van der Waals surface area contributed by atoms with E-state index in [-0.39, 0.29) is 0 Å².